The Labute approximate surface area is 142 Å². The molecule has 0 radical (unpaired) electrons. The average molecular weight is 341 g/mol. The summed E-state index contributed by atoms with van der Waals surface area (Å²) in [5, 5.41) is 5.47. The highest BCUT2D eigenvalue weighted by Crippen LogP contribution is 2.14. The van der Waals surface area contributed by atoms with Crippen LogP contribution >= 0.6 is 0 Å². The summed E-state index contributed by atoms with van der Waals surface area (Å²) in [7, 11) is 0. The van der Waals surface area contributed by atoms with Gasteiger partial charge >= 0.3 is 0 Å². The van der Waals surface area contributed by atoms with E-state index in [0.717, 1.165) is 17.7 Å². The largest absolute Gasteiger partial charge is 0.350 e. The molecule has 3 rings (SSSR count). The Bertz CT molecular complexity index is 872. The third kappa shape index (κ3) is 4.31. The van der Waals surface area contributed by atoms with Crippen LogP contribution in [0.25, 0.3) is 0 Å². The van der Waals surface area contributed by atoms with Crippen molar-refractivity contribution in [1.82, 2.24) is 15.0 Å². The Balaban J connectivity index is 1.61. The van der Waals surface area contributed by atoms with Gasteiger partial charge in [-0.3, -0.25) is 9.78 Å². The van der Waals surface area contributed by atoms with E-state index in [2.05, 4.69) is 25.6 Å². The summed E-state index contributed by atoms with van der Waals surface area (Å²) in [6.45, 7) is 0.517. The maximum atomic E-state index is 13.1. The van der Waals surface area contributed by atoms with Crippen molar-refractivity contribution in [2.75, 3.05) is 10.6 Å². The van der Waals surface area contributed by atoms with Crippen LogP contribution in [0, 0.1) is 11.6 Å². The topological polar surface area (TPSA) is 79.8 Å². The van der Waals surface area contributed by atoms with Gasteiger partial charge < -0.3 is 10.6 Å². The lowest BCUT2D eigenvalue weighted by Crippen LogP contribution is -2.13. The fourth-order valence-corrected chi connectivity index (χ4v) is 2.00. The molecule has 126 valence electrons. The molecule has 0 aliphatic rings. The van der Waals surface area contributed by atoms with Crippen molar-refractivity contribution in [3.63, 3.8) is 0 Å². The van der Waals surface area contributed by atoms with Gasteiger partial charge in [0, 0.05) is 43.1 Å². The van der Waals surface area contributed by atoms with Crippen molar-refractivity contribution in [2.45, 2.75) is 6.54 Å². The van der Waals surface area contributed by atoms with Crippen molar-refractivity contribution in [3.8, 4) is 0 Å². The molecule has 3 aromatic rings. The van der Waals surface area contributed by atoms with Crippen LogP contribution in [0.3, 0.4) is 0 Å². The first-order valence-electron chi connectivity index (χ1n) is 7.33. The predicted molar refractivity (Wildman–Crippen MR) is 87.9 cm³/mol. The van der Waals surface area contributed by atoms with Gasteiger partial charge in [-0.2, -0.15) is 0 Å². The van der Waals surface area contributed by atoms with Gasteiger partial charge in [0.05, 0.1) is 5.56 Å². The number of hydrogen-bond acceptors (Lipinski definition) is 5. The molecule has 0 saturated carbocycles. The maximum Gasteiger partial charge on any atom is 0.258 e. The summed E-state index contributed by atoms with van der Waals surface area (Å²) in [6, 6.07) is 6.82. The highest BCUT2D eigenvalue weighted by molar-refractivity contribution is 6.03. The zero-order valence-corrected chi connectivity index (χ0v) is 12.9. The second kappa shape index (κ2) is 7.43. The van der Waals surface area contributed by atoms with Crippen LogP contribution in [-0.2, 0) is 6.54 Å². The van der Waals surface area contributed by atoms with E-state index in [1.165, 1.54) is 18.5 Å². The first-order chi connectivity index (χ1) is 12.1. The van der Waals surface area contributed by atoms with E-state index in [-0.39, 0.29) is 11.3 Å². The maximum absolute atomic E-state index is 13.1. The third-order valence-electron chi connectivity index (χ3n) is 3.29. The lowest BCUT2D eigenvalue weighted by molar-refractivity contribution is 0.102. The number of benzene rings is 1. The molecule has 0 aliphatic carbocycles. The summed E-state index contributed by atoms with van der Waals surface area (Å²) in [6.07, 6.45) is 6.06. The Morgan fingerprint density at radius 3 is 2.40 bits per heavy atom. The second-order valence-electron chi connectivity index (χ2n) is 5.09. The zero-order valence-electron chi connectivity index (χ0n) is 12.9. The minimum atomic E-state index is -1.04. The molecule has 8 heteroatoms. The first-order valence-corrected chi connectivity index (χ1v) is 7.33. The van der Waals surface area contributed by atoms with E-state index in [1.54, 1.807) is 12.4 Å². The van der Waals surface area contributed by atoms with Crippen LogP contribution < -0.4 is 10.6 Å². The summed E-state index contributed by atoms with van der Waals surface area (Å²) < 4.78 is 26.0. The van der Waals surface area contributed by atoms with E-state index in [4.69, 9.17) is 0 Å². The number of rotatable bonds is 5. The van der Waals surface area contributed by atoms with Crippen LogP contribution in [0.1, 0.15) is 15.9 Å². The number of halogens is 2. The van der Waals surface area contributed by atoms with Gasteiger partial charge in [0.25, 0.3) is 5.91 Å². The minimum absolute atomic E-state index is 0.142. The molecule has 0 unspecified atom stereocenters. The van der Waals surface area contributed by atoms with E-state index in [0.29, 0.717) is 12.5 Å². The number of aromatic nitrogens is 3. The lowest BCUT2D eigenvalue weighted by atomic mass is 10.2. The molecule has 2 aromatic heterocycles. The van der Waals surface area contributed by atoms with Crippen LogP contribution in [0.4, 0.5) is 20.4 Å². The Kier molecular flexibility index (Phi) is 4.89. The van der Waals surface area contributed by atoms with E-state index in [9.17, 15) is 13.6 Å². The molecule has 6 nitrogen and oxygen atoms in total. The molecular weight excluding hydrogens is 328 g/mol. The number of hydrogen-bond donors (Lipinski definition) is 2. The molecule has 0 fully saturated rings. The van der Waals surface area contributed by atoms with Gasteiger partial charge in [0.2, 0.25) is 5.95 Å². The fourth-order valence-electron chi connectivity index (χ4n) is 2.00. The van der Waals surface area contributed by atoms with Crippen LogP contribution in [0.2, 0.25) is 0 Å². The highest BCUT2D eigenvalue weighted by atomic mass is 19.2. The van der Waals surface area contributed by atoms with Gasteiger partial charge in [0.15, 0.2) is 11.6 Å². The molecule has 2 heterocycles. The van der Waals surface area contributed by atoms with Crippen molar-refractivity contribution < 1.29 is 13.6 Å². The number of nitrogens with zero attached hydrogens (tertiary/aromatic N) is 3. The lowest BCUT2D eigenvalue weighted by Gasteiger charge is -2.07. The second-order valence-corrected chi connectivity index (χ2v) is 5.09. The Hall–Kier alpha value is -3.42. The van der Waals surface area contributed by atoms with E-state index < -0.39 is 17.5 Å². The number of pyridine rings is 1. The smallest absolute Gasteiger partial charge is 0.258 e. The Morgan fingerprint density at radius 2 is 1.72 bits per heavy atom. The third-order valence-corrected chi connectivity index (χ3v) is 3.29. The highest BCUT2D eigenvalue weighted by Gasteiger charge is 2.09. The number of amides is 1. The van der Waals surface area contributed by atoms with Crippen molar-refractivity contribution in [1.29, 1.82) is 0 Å². The molecule has 0 bridgehead atoms. The quantitative estimate of drug-likeness (QED) is 0.746. The standard InChI is InChI=1S/C17H13F2N5O/c18-14-2-1-13(7-15(14)19)24-16(25)12-9-22-17(23-10-12)21-8-11-3-5-20-6-4-11/h1-7,9-10H,8H2,(H,24,25)(H,21,22,23). The molecular formula is C17H13F2N5O. The molecule has 0 spiro atoms. The van der Waals surface area contributed by atoms with Crippen molar-refractivity contribution in [2.24, 2.45) is 0 Å². The predicted octanol–water partition coefficient (Wildman–Crippen LogP) is 3.01. The number of carbonyl (C=O) groups is 1. The van der Waals surface area contributed by atoms with Crippen LogP contribution in [-0.4, -0.2) is 20.9 Å². The van der Waals surface area contributed by atoms with Gasteiger partial charge in [-0.05, 0) is 29.8 Å². The zero-order chi connectivity index (χ0) is 17.6. The van der Waals surface area contributed by atoms with E-state index >= 15 is 0 Å². The average Bonchev–Trinajstić information content (AvgIpc) is 2.64. The summed E-state index contributed by atoms with van der Waals surface area (Å²) in [5.41, 5.74) is 1.35. The molecule has 0 atom stereocenters. The van der Waals surface area contributed by atoms with Gasteiger partial charge in [-0.25, -0.2) is 18.7 Å². The van der Waals surface area contributed by atoms with Crippen molar-refractivity contribution in [3.05, 3.63) is 77.9 Å². The fraction of sp³-hybridized carbons (Fsp3) is 0.0588. The molecule has 0 saturated heterocycles. The monoisotopic (exact) mass is 341 g/mol. The van der Waals surface area contributed by atoms with Gasteiger partial charge in [0.1, 0.15) is 0 Å². The summed E-state index contributed by atoms with van der Waals surface area (Å²) in [4.78, 5) is 24.1. The molecule has 25 heavy (non-hydrogen) atoms. The number of nitrogens with one attached hydrogen (secondary N) is 2. The van der Waals surface area contributed by atoms with Crippen molar-refractivity contribution >= 4 is 17.5 Å². The summed E-state index contributed by atoms with van der Waals surface area (Å²) >= 11 is 0. The number of anilines is 2. The first kappa shape index (κ1) is 16.4. The van der Waals surface area contributed by atoms with Gasteiger partial charge in [-0.1, -0.05) is 0 Å². The van der Waals surface area contributed by atoms with Crippen LogP contribution in [0.15, 0.2) is 55.1 Å². The number of carbonyl (C=O) groups excluding carboxylic acids is 1. The van der Waals surface area contributed by atoms with Gasteiger partial charge in [-0.15, -0.1) is 0 Å². The molecule has 1 amide bonds. The molecule has 0 aliphatic heterocycles. The molecule has 2 N–H and O–H groups in total. The normalized spacial score (nSPS) is 10.3. The SMILES string of the molecule is O=C(Nc1ccc(F)c(F)c1)c1cnc(NCc2ccncc2)nc1. The minimum Gasteiger partial charge on any atom is -0.350 e. The van der Waals surface area contributed by atoms with Crippen LogP contribution in [0.5, 0.6) is 0 Å². The van der Waals surface area contributed by atoms with E-state index in [1.807, 2.05) is 12.1 Å². The summed E-state index contributed by atoms with van der Waals surface area (Å²) in [5.74, 6) is -2.18. The molecule has 1 aromatic carbocycles. The Morgan fingerprint density at radius 1 is 1.00 bits per heavy atom.